The molecule has 2 aromatic heterocycles. The van der Waals surface area contributed by atoms with Crippen molar-refractivity contribution in [1.82, 2.24) is 25.0 Å². The second-order valence-corrected chi connectivity index (χ2v) is 13.5. The average molecular weight is 551 g/mol. The zero-order chi connectivity index (χ0) is 28.0. The maximum atomic E-state index is 12.3. The van der Waals surface area contributed by atoms with Crippen molar-refractivity contribution < 1.29 is 4.79 Å². The largest absolute Gasteiger partial charge is 0.301 e. The van der Waals surface area contributed by atoms with E-state index in [-0.39, 0.29) is 23.0 Å². The first kappa shape index (κ1) is 29.4. The van der Waals surface area contributed by atoms with Crippen LogP contribution in [0.25, 0.3) is 11.3 Å². The Morgan fingerprint density at radius 2 is 1.62 bits per heavy atom. The Balaban J connectivity index is 0.000000183. The third-order valence-corrected chi connectivity index (χ3v) is 8.41. The lowest BCUT2D eigenvalue weighted by molar-refractivity contribution is -0.125. The minimum atomic E-state index is -0.0253. The number of nitrogens with one attached hydrogen (secondary N) is 2. The number of carbonyl (C=O) groups excluding carboxylic acids is 1. The highest BCUT2D eigenvalue weighted by atomic mass is 32.1. The molecule has 2 aliphatic rings. The molecule has 2 N–H and O–H groups in total. The molecule has 2 atom stereocenters. The molecule has 1 aromatic carbocycles. The van der Waals surface area contributed by atoms with Gasteiger partial charge in [-0.3, -0.25) is 19.7 Å². The molecule has 212 valence electrons. The monoisotopic (exact) mass is 550 g/mol. The van der Waals surface area contributed by atoms with Gasteiger partial charge >= 0.3 is 0 Å². The summed E-state index contributed by atoms with van der Waals surface area (Å²) in [4.78, 5) is 21.4. The van der Waals surface area contributed by atoms with Crippen LogP contribution in [0.2, 0.25) is 0 Å². The van der Waals surface area contributed by atoms with Crippen LogP contribution in [0, 0.1) is 0 Å². The number of aromatic amines is 1. The number of H-pyrrole nitrogens is 1. The summed E-state index contributed by atoms with van der Waals surface area (Å²) in [5.74, 6) is 0.0829. The van der Waals surface area contributed by atoms with Crippen molar-refractivity contribution in [2.45, 2.75) is 103 Å². The van der Waals surface area contributed by atoms with E-state index in [1.807, 2.05) is 11.4 Å². The first-order chi connectivity index (χ1) is 18.5. The number of carbonyl (C=O) groups is 1. The maximum Gasteiger partial charge on any atom is 0.243 e. The Morgan fingerprint density at radius 1 is 0.949 bits per heavy atom. The van der Waals surface area contributed by atoms with Crippen molar-refractivity contribution in [1.29, 1.82) is 0 Å². The molecule has 1 amide bonds. The molecule has 0 aliphatic carbocycles. The highest BCUT2D eigenvalue weighted by Crippen LogP contribution is 2.36. The van der Waals surface area contributed by atoms with Crippen molar-refractivity contribution in [2.75, 3.05) is 18.4 Å². The van der Waals surface area contributed by atoms with E-state index in [1.165, 1.54) is 54.8 Å². The first-order valence-corrected chi connectivity index (χ1v) is 15.3. The number of nitrogens with zero attached hydrogens (tertiary/aromatic N) is 4. The fourth-order valence-electron chi connectivity index (χ4n) is 5.80. The van der Waals surface area contributed by atoms with E-state index in [1.54, 1.807) is 6.20 Å². The number of benzene rings is 1. The van der Waals surface area contributed by atoms with Crippen molar-refractivity contribution in [3.05, 3.63) is 53.7 Å². The number of likely N-dealkylation sites (tertiary alicyclic amines) is 2. The molecule has 39 heavy (non-hydrogen) atoms. The van der Waals surface area contributed by atoms with Crippen LogP contribution in [-0.4, -0.2) is 61.1 Å². The van der Waals surface area contributed by atoms with Crippen LogP contribution >= 0.6 is 11.3 Å². The van der Waals surface area contributed by atoms with E-state index in [2.05, 4.69) is 102 Å². The average Bonchev–Trinajstić information content (AvgIpc) is 3.61. The van der Waals surface area contributed by atoms with Gasteiger partial charge in [0, 0.05) is 28.2 Å². The predicted molar refractivity (Wildman–Crippen MR) is 162 cm³/mol. The highest BCUT2D eigenvalue weighted by Gasteiger charge is 2.36. The van der Waals surface area contributed by atoms with Crippen molar-refractivity contribution >= 4 is 22.4 Å². The van der Waals surface area contributed by atoms with E-state index in [4.69, 9.17) is 0 Å². The van der Waals surface area contributed by atoms with Crippen LogP contribution in [-0.2, 0) is 4.79 Å². The maximum absolute atomic E-state index is 12.3. The number of thiazole rings is 1. The summed E-state index contributed by atoms with van der Waals surface area (Å²) in [6, 6.07) is 13.1. The number of aromatic nitrogens is 3. The molecule has 0 spiro atoms. The van der Waals surface area contributed by atoms with E-state index in [9.17, 15) is 4.79 Å². The summed E-state index contributed by atoms with van der Waals surface area (Å²) in [7, 11) is 0. The molecule has 0 saturated carbocycles. The van der Waals surface area contributed by atoms with Gasteiger partial charge in [0.15, 0.2) is 5.13 Å². The number of anilines is 1. The Bertz CT molecular complexity index is 1160. The van der Waals surface area contributed by atoms with Crippen LogP contribution in [0.15, 0.2) is 48.0 Å². The molecule has 4 heterocycles. The fourth-order valence-corrected chi connectivity index (χ4v) is 6.33. The normalized spacial score (nSPS) is 21.2. The third kappa shape index (κ3) is 7.77. The second-order valence-electron chi connectivity index (χ2n) is 12.7. The van der Waals surface area contributed by atoms with Crippen LogP contribution in [0.5, 0.6) is 0 Å². The first-order valence-electron chi connectivity index (χ1n) is 14.4. The van der Waals surface area contributed by atoms with E-state index in [0.29, 0.717) is 11.2 Å². The van der Waals surface area contributed by atoms with Crippen molar-refractivity contribution in [3.63, 3.8) is 0 Å². The molecular formula is C31H46N6OS. The van der Waals surface area contributed by atoms with Gasteiger partial charge in [0.05, 0.1) is 23.5 Å². The highest BCUT2D eigenvalue weighted by molar-refractivity contribution is 7.13. The lowest BCUT2D eigenvalue weighted by Gasteiger charge is -2.44. The summed E-state index contributed by atoms with van der Waals surface area (Å²) in [6.07, 6.45) is 8.77. The standard InChI is InChI=1S/C18H25N3.C13H21N3OS/c1-18(2,3)21-12-8-7-11-17(21)16-13-15(19-20-16)14-9-5-4-6-10-14;1-13(2,3)16-8-5-4-6-10(16)11(17)15-12-14-7-9-18-12/h4-6,9-10,13,17H,7-8,11-12H2,1-3H3,(H,19,20);7,9-10H,4-6,8H2,1-3H3,(H,14,15,17). The lowest BCUT2D eigenvalue weighted by Crippen LogP contribution is -2.55. The number of hydrogen-bond donors (Lipinski definition) is 2. The minimum absolute atomic E-state index is 0.0253. The Hall–Kier alpha value is -2.55. The van der Waals surface area contributed by atoms with E-state index >= 15 is 0 Å². The third-order valence-electron chi connectivity index (χ3n) is 7.72. The SMILES string of the molecule is CC(C)(C)N1CCCCC1C(=O)Nc1nccs1.CC(C)(C)N1CCCCC1c1cc(-c2ccccc2)n[nH]1. The molecule has 5 rings (SSSR count). The van der Waals surface area contributed by atoms with Gasteiger partial charge in [-0.2, -0.15) is 5.10 Å². The molecule has 2 unspecified atom stereocenters. The van der Waals surface area contributed by atoms with Crippen LogP contribution < -0.4 is 5.32 Å². The lowest BCUT2D eigenvalue weighted by atomic mass is 9.92. The summed E-state index contributed by atoms with van der Waals surface area (Å²) < 4.78 is 0. The number of hydrogen-bond acceptors (Lipinski definition) is 6. The van der Waals surface area contributed by atoms with Gasteiger partial charge in [-0.15, -0.1) is 11.3 Å². The van der Waals surface area contributed by atoms with Gasteiger partial charge in [0.25, 0.3) is 0 Å². The zero-order valence-electron chi connectivity index (χ0n) is 24.5. The second kappa shape index (κ2) is 12.7. The molecule has 2 aliphatic heterocycles. The summed E-state index contributed by atoms with van der Waals surface area (Å²) >= 11 is 1.46. The van der Waals surface area contributed by atoms with Gasteiger partial charge in [0.2, 0.25) is 5.91 Å². The molecular weight excluding hydrogens is 504 g/mol. The van der Waals surface area contributed by atoms with Crippen LogP contribution in [0.3, 0.4) is 0 Å². The number of amides is 1. The molecule has 0 radical (unpaired) electrons. The van der Waals surface area contributed by atoms with E-state index < -0.39 is 0 Å². The molecule has 7 nitrogen and oxygen atoms in total. The van der Waals surface area contributed by atoms with Gasteiger partial charge in [-0.1, -0.05) is 43.2 Å². The van der Waals surface area contributed by atoms with Gasteiger partial charge in [-0.25, -0.2) is 4.98 Å². The summed E-state index contributed by atoms with van der Waals surface area (Å²) in [5.41, 5.74) is 3.71. The zero-order valence-corrected chi connectivity index (χ0v) is 25.4. The number of rotatable bonds is 4. The summed E-state index contributed by atoms with van der Waals surface area (Å²) in [5, 5.41) is 13.3. The van der Waals surface area contributed by atoms with Gasteiger partial charge in [0.1, 0.15) is 0 Å². The molecule has 2 saturated heterocycles. The molecule has 0 bridgehead atoms. The van der Waals surface area contributed by atoms with Gasteiger partial charge in [-0.05, 0) is 86.4 Å². The van der Waals surface area contributed by atoms with Crippen molar-refractivity contribution in [3.8, 4) is 11.3 Å². The smallest absolute Gasteiger partial charge is 0.243 e. The Kier molecular flexibility index (Phi) is 9.62. The predicted octanol–water partition coefficient (Wildman–Crippen LogP) is 7.14. The topological polar surface area (TPSA) is 77.2 Å². The quantitative estimate of drug-likeness (QED) is 0.361. The molecule has 2 fully saturated rings. The Morgan fingerprint density at radius 3 is 2.26 bits per heavy atom. The fraction of sp³-hybridized carbons (Fsp3) is 0.581. The molecule has 8 heteroatoms. The molecule has 3 aromatic rings. The van der Waals surface area contributed by atoms with Gasteiger partial charge < -0.3 is 5.32 Å². The van der Waals surface area contributed by atoms with Crippen molar-refractivity contribution in [2.24, 2.45) is 0 Å². The Labute approximate surface area is 238 Å². The van der Waals surface area contributed by atoms with E-state index in [0.717, 1.165) is 25.1 Å². The number of piperidine rings is 2. The van der Waals surface area contributed by atoms with Crippen LogP contribution in [0.4, 0.5) is 5.13 Å². The van der Waals surface area contributed by atoms with Crippen LogP contribution in [0.1, 0.15) is 91.8 Å². The minimum Gasteiger partial charge on any atom is -0.301 e. The summed E-state index contributed by atoms with van der Waals surface area (Å²) in [6.45, 7) is 15.6.